The Labute approximate surface area is 235 Å². The van der Waals surface area contributed by atoms with Gasteiger partial charge in [-0.25, -0.2) is 31.3 Å². The molecule has 1 fully saturated rings. The van der Waals surface area contributed by atoms with Crippen LogP contribution >= 0.6 is 11.3 Å². The number of nitrogens with zero attached hydrogens (tertiary/aromatic N) is 6. The Morgan fingerprint density at radius 1 is 1.17 bits per heavy atom. The number of piperazine rings is 1. The van der Waals surface area contributed by atoms with Gasteiger partial charge >= 0.3 is 0 Å². The standard InChI is InChI=1S/C24H22F6N6O3S2/c1-41(38)20-10-34(5-6-35(20)19(37)9-36-17(23(29)30)7-15(32-36)22(27)28)24-31-16(11-40-24)14-8-18(39-33-14)21-12(25)3-2-4-13(21)26/h2-4,7,11,18,20,22-23H,5-6,8-10H2,1H3. The number of alkyl halides is 4. The predicted octanol–water partition coefficient (Wildman–Crippen LogP) is 4.41. The molecule has 5 rings (SSSR count). The number of anilines is 1. The lowest BCUT2D eigenvalue weighted by Gasteiger charge is -2.40. The number of rotatable bonds is 8. The number of oxime groups is 1. The molecule has 9 nitrogen and oxygen atoms in total. The molecule has 0 spiro atoms. The lowest BCUT2D eigenvalue weighted by Crippen LogP contribution is -2.57. The first kappa shape index (κ1) is 29.0. The van der Waals surface area contributed by atoms with Gasteiger partial charge in [-0.15, -0.1) is 11.3 Å². The minimum atomic E-state index is -3.12. The van der Waals surface area contributed by atoms with Gasteiger partial charge in [0.1, 0.15) is 46.3 Å². The van der Waals surface area contributed by atoms with Gasteiger partial charge in [-0.2, -0.15) is 5.10 Å². The van der Waals surface area contributed by atoms with Crippen molar-refractivity contribution in [2.45, 2.75) is 37.3 Å². The lowest BCUT2D eigenvalue weighted by atomic mass is 10.0. The Kier molecular flexibility index (Phi) is 8.35. The molecule has 2 aliphatic heterocycles. The fourth-order valence-electron chi connectivity index (χ4n) is 4.62. The monoisotopic (exact) mass is 620 g/mol. The number of hydrogen-bond donors (Lipinski definition) is 0. The minimum absolute atomic E-state index is 0.0592. The fourth-order valence-corrected chi connectivity index (χ4v) is 6.46. The van der Waals surface area contributed by atoms with E-state index in [1.54, 1.807) is 10.3 Å². The number of hydrogen-bond acceptors (Lipinski definition) is 8. The van der Waals surface area contributed by atoms with Crippen molar-refractivity contribution < 1.29 is 40.2 Å². The Morgan fingerprint density at radius 3 is 2.56 bits per heavy atom. The maximum atomic E-state index is 14.2. The zero-order valence-corrected chi connectivity index (χ0v) is 22.9. The van der Waals surface area contributed by atoms with Gasteiger partial charge < -0.3 is 14.6 Å². The second-order valence-corrected chi connectivity index (χ2v) is 11.6. The summed E-state index contributed by atoms with van der Waals surface area (Å²) < 4.78 is 94.2. The highest BCUT2D eigenvalue weighted by atomic mass is 32.2. The van der Waals surface area contributed by atoms with E-state index >= 15 is 0 Å². The molecule has 1 aromatic carbocycles. The van der Waals surface area contributed by atoms with Crippen LogP contribution in [0.1, 0.15) is 48.0 Å². The number of amides is 1. The van der Waals surface area contributed by atoms with Crippen LogP contribution in [-0.2, 0) is 27.0 Å². The molecule has 3 aromatic rings. The van der Waals surface area contributed by atoms with Gasteiger partial charge in [0.2, 0.25) is 5.91 Å². The number of aromatic nitrogens is 3. The van der Waals surface area contributed by atoms with E-state index in [1.165, 1.54) is 28.6 Å². The number of benzene rings is 1. The molecule has 1 saturated heterocycles. The summed E-state index contributed by atoms with van der Waals surface area (Å²) in [6, 6.07) is 4.08. The molecular formula is C24H22F6N6O3S2. The second-order valence-electron chi connectivity index (χ2n) is 9.23. The highest BCUT2D eigenvalue weighted by Crippen LogP contribution is 2.34. The van der Waals surface area contributed by atoms with E-state index < -0.39 is 70.6 Å². The predicted molar refractivity (Wildman–Crippen MR) is 137 cm³/mol. The normalized spacial score (nSPS) is 20.1. The van der Waals surface area contributed by atoms with E-state index in [2.05, 4.69) is 15.2 Å². The molecule has 0 N–H and O–H groups in total. The van der Waals surface area contributed by atoms with E-state index in [9.17, 15) is 35.3 Å². The smallest absolute Gasteiger partial charge is 0.282 e. The zero-order chi connectivity index (χ0) is 29.4. The summed E-state index contributed by atoms with van der Waals surface area (Å²) >= 11 is 1.24. The molecule has 0 aliphatic carbocycles. The third-order valence-corrected chi connectivity index (χ3v) is 8.72. The molecular weight excluding hydrogens is 598 g/mol. The third-order valence-electron chi connectivity index (χ3n) is 6.65. The first-order valence-electron chi connectivity index (χ1n) is 12.2. The second kappa shape index (κ2) is 11.8. The van der Waals surface area contributed by atoms with E-state index in [1.807, 2.05) is 0 Å². The van der Waals surface area contributed by atoms with Gasteiger partial charge in [0, 0.05) is 41.9 Å². The van der Waals surface area contributed by atoms with Crippen molar-refractivity contribution in [3.8, 4) is 0 Å². The van der Waals surface area contributed by atoms with Gasteiger partial charge in [0.15, 0.2) is 11.2 Å². The van der Waals surface area contributed by atoms with E-state index in [4.69, 9.17) is 4.84 Å². The molecule has 41 heavy (non-hydrogen) atoms. The third kappa shape index (κ3) is 5.95. The number of carbonyl (C=O) groups excluding carboxylic acids is 1. The highest BCUT2D eigenvalue weighted by Gasteiger charge is 2.36. The van der Waals surface area contributed by atoms with Crippen molar-refractivity contribution in [2.24, 2.45) is 5.16 Å². The van der Waals surface area contributed by atoms with Gasteiger partial charge in [0.05, 0.1) is 12.1 Å². The van der Waals surface area contributed by atoms with Crippen LogP contribution < -0.4 is 4.90 Å². The largest absolute Gasteiger partial charge is 0.387 e. The van der Waals surface area contributed by atoms with Crippen LogP contribution in [0, 0.1) is 11.6 Å². The Balaban J connectivity index is 1.26. The van der Waals surface area contributed by atoms with Gasteiger partial charge in [0.25, 0.3) is 12.9 Å². The molecule has 0 bridgehead atoms. The minimum Gasteiger partial charge on any atom is -0.387 e. The van der Waals surface area contributed by atoms with Crippen molar-refractivity contribution >= 4 is 38.9 Å². The fraction of sp³-hybridized carbons (Fsp3) is 0.417. The number of halogens is 6. The van der Waals surface area contributed by atoms with Crippen LogP contribution in [0.3, 0.4) is 0 Å². The lowest BCUT2D eigenvalue weighted by molar-refractivity contribution is -0.133. The van der Waals surface area contributed by atoms with Crippen molar-refractivity contribution in [1.82, 2.24) is 19.7 Å². The summed E-state index contributed by atoms with van der Waals surface area (Å²) in [7, 11) is -1.57. The van der Waals surface area contributed by atoms with Crippen LogP contribution in [0.15, 0.2) is 34.8 Å². The Bertz CT molecular complexity index is 1480. The number of carbonyl (C=O) groups is 1. The van der Waals surface area contributed by atoms with E-state index in [0.29, 0.717) is 27.3 Å². The molecule has 3 unspecified atom stereocenters. The van der Waals surface area contributed by atoms with Crippen molar-refractivity contribution in [1.29, 1.82) is 0 Å². The SMILES string of the molecule is CS(=O)C1CN(c2nc(C3=NOC(c4c(F)cccc4F)C3)cs2)CCN1C(=O)Cn1nc(C(F)F)cc1C(F)F. The first-order chi connectivity index (χ1) is 19.5. The van der Waals surface area contributed by atoms with Crippen LogP contribution in [0.4, 0.5) is 31.5 Å². The Morgan fingerprint density at radius 2 is 1.90 bits per heavy atom. The average Bonchev–Trinajstić information content (AvgIpc) is 3.68. The molecule has 3 atom stereocenters. The summed E-state index contributed by atoms with van der Waals surface area (Å²) in [5.41, 5.74) is -1.07. The van der Waals surface area contributed by atoms with E-state index in [0.717, 1.165) is 12.1 Å². The summed E-state index contributed by atoms with van der Waals surface area (Å²) in [4.78, 5) is 25.9. The molecule has 2 aliphatic rings. The van der Waals surface area contributed by atoms with Gasteiger partial charge in [-0.05, 0) is 18.2 Å². The Hall–Kier alpha value is -3.47. The van der Waals surface area contributed by atoms with Crippen LogP contribution in [0.25, 0.3) is 0 Å². The van der Waals surface area contributed by atoms with Crippen molar-refractivity contribution in [3.05, 3.63) is 63.9 Å². The first-order valence-corrected chi connectivity index (χ1v) is 14.7. The maximum Gasteiger partial charge on any atom is 0.282 e. The van der Waals surface area contributed by atoms with Crippen LogP contribution in [0.5, 0.6) is 0 Å². The van der Waals surface area contributed by atoms with Crippen molar-refractivity contribution in [2.75, 3.05) is 30.8 Å². The highest BCUT2D eigenvalue weighted by molar-refractivity contribution is 7.84. The molecule has 17 heteroatoms. The van der Waals surface area contributed by atoms with Crippen LogP contribution in [0.2, 0.25) is 0 Å². The topological polar surface area (TPSA) is 92.9 Å². The summed E-state index contributed by atoms with van der Waals surface area (Å²) in [6.07, 6.45) is -5.67. The number of thiazole rings is 1. The zero-order valence-electron chi connectivity index (χ0n) is 21.2. The van der Waals surface area contributed by atoms with Crippen molar-refractivity contribution in [3.63, 3.8) is 0 Å². The summed E-state index contributed by atoms with van der Waals surface area (Å²) in [5.74, 6) is -2.19. The molecule has 4 heterocycles. The molecule has 220 valence electrons. The molecule has 0 radical (unpaired) electrons. The average molecular weight is 621 g/mol. The molecule has 2 aromatic heterocycles. The van der Waals surface area contributed by atoms with Crippen LogP contribution in [-0.4, -0.2) is 66.8 Å². The molecule has 0 saturated carbocycles. The molecule has 1 amide bonds. The summed E-state index contributed by atoms with van der Waals surface area (Å²) in [6.45, 7) is -0.312. The van der Waals surface area contributed by atoms with E-state index in [-0.39, 0.29) is 31.6 Å². The quantitative estimate of drug-likeness (QED) is 0.347. The van der Waals surface area contributed by atoms with Gasteiger partial charge in [-0.3, -0.25) is 13.7 Å². The van der Waals surface area contributed by atoms with Gasteiger partial charge in [-0.1, -0.05) is 11.2 Å². The summed E-state index contributed by atoms with van der Waals surface area (Å²) in [5, 5.41) is 8.77. The maximum absolute atomic E-state index is 14.2.